The van der Waals surface area contributed by atoms with Crippen LogP contribution < -0.4 is 0 Å². The van der Waals surface area contributed by atoms with E-state index in [1.807, 2.05) is 27.2 Å². The maximum Gasteiger partial charge on any atom is 0.472 e. The zero-order valence-corrected chi connectivity index (χ0v) is 36.8. The number of hydrogen-bond donors (Lipinski definition) is 1. The van der Waals surface area contributed by atoms with Crippen molar-refractivity contribution in [2.75, 3.05) is 47.5 Å². The van der Waals surface area contributed by atoms with E-state index in [2.05, 4.69) is 74.6 Å². The van der Waals surface area contributed by atoms with Crippen molar-refractivity contribution in [3.8, 4) is 0 Å². The fourth-order valence-electron chi connectivity index (χ4n) is 5.49. The lowest BCUT2D eigenvalue weighted by Crippen LogP contribution is -2.37. The molecule has 0 rings (SSSR count). The third-order valence-corrected chi connectivity index (χ3v) is 9.83. The maximum atomic E-state index is 12.6. The largest absolute Gasteiger partial charge is 0.498 e. The number of rotatable bonds is 39. The van der Waals surface area contributed by atoms with Gasteiger partial charge in [-0.3, -0.25) is 13.8 Å². The van der Waals surface area contributed by atoms with Gasteiger partial charge in [-0.2, -0.15) is 0 Å². The number of allylic oxidation sites excluding steroid dienone is 11. The van der Waals surface area contributed by atoms with E-state index in [0.29, 0.717) is 17.4 Å². The first kappa shape index (κ1) is 52.8. The molecule has 0 aliphatic heterocycles. The highest BCUT2D eigenvalue weighted by molar-refractivity contribution is 7.47. The van der Waals surface area contributed by atoms with Crippen molar-refractivity contribution in [2.24, 2.45) is 0 Å². The van der Waals surface area contributed by atoms with Crippen LogP contribution in [0.25, 0.3) is 0 Å². The summed E-state index contributed by atoms with van der Waals surface area (Å²) < 4.78 is 34.7. The predicted molar refractivity (Wildman–Crippen MR) is 233 cm³/mol. The van der Waals surface area contributed by atoms with Gasteiger partial charge in [0.1, 0.15) is 19.8 Å². The predicted octanol–water partition coefficient (Wildman–Crippen LogP) is 13.1. The Labute approximate surface area is 338 Å². The first-order chi connectivity index (χ1) is 26.6. The average molecular weight is 793 g/mol. The van der Waals surface area contributed by atoms with Crippen molar-refractivity contribution in [2.45, 2.75) is 168 Å². The van der Waals surface area contributed by atoms with E-state index in [4.69, 9.17) is 18.5 Å². The number of nitrogens with zero attached hydrogens (tertiary/aromatic N) is 1. The maximum absolute atomic E-state index is 12.6. The highest BCUT2D eigenvalue weighted by atomic mass is 31.2. The number of carbonyl (C=O) groups excluding carboxylic acids is 1. The molecule has 0 spiro atoms. The van der Waals surface area contributed by atoms with Gasteiger partial charge in [-0.05, 0) is 63.9 Å². The summed E-state index contributed by atoms with van der Waals surface area (Å²) in [5, 5.41) is 0. The fraction of sp³-hybridized carbons (Fsp3) is 0.717. The quantitative estimate of drug-likeness (QED) is 0.0165. The number of ether oxygens (including phenoxy) is 2. The molecular formula is C46H83NO7P+. The van der Waals surface area contributed by atoms with Crippen LogP contribution in [0, 0.1) is 0 Å². The second kappa shape index (κ2) is 38.6. The Morgan fingerprint density at radius 3 is 1.58 bits per heavy atom. The van der Waals surface area contributed by atoms with E-state index in [1.54, 1.807) is 6.26 Å². The van der Waals surface area contributed by atoms with Gasteiger partial charge in [-0.25, -0.2) is 4.57 Å². The monoisotopic (exact) mass is 793 g/mol. The Morgan fingerprint density at radius 1 is 0.600 bits per heavy atom. The summed E-state index contributed by atoms with van der Waals surface area (Å²) in [5.41, 5.74) is 0. The van der Waals surface area contributed by atoms with Crippen LogP contribution in [-0.2, 0) is 27.9 Å². The number of carbonyl (C=O) groups is 1. The Bertz CT molecular complexity index is 1110. The number of unbranched alkanes of at least 4 members (excludes halogenated alkanes) is 15. The minimum absolute atomic E-state index is 0.0225. The van der Waals surface area contributed by atoms with E-state index >= 15 is 0 Å². The van der Waals surface area contributed by atoms with Crippen molar-refractivity contribution in [1.82, 2.24) is 0 Å². The van der Waals surface area contributed by atoms with Crippen LogP contribution >= 0.6 is 7.82 Å². The summed E-state index contributed by atoms with van der Waals surface area (Å²) in [5.74, 6) is -0.394. The fourth-order valence-corrected chi connectivity index (χ4v) is 6.24. The molecule has 0 aromatic rings. The van der Waals surface area contributed by atoms with Crippen LogP contribution in [0.3, 0.4) is 0 Å². The first-order valence-electron chi connectivity index (χ1n) is 21.7. The number of phosphoric acid groups is 1. The molecule has 0 heterocycles. The number of esters is 1. The van der Waals surface area contributed by atoms with Gasteiger partial charge in [-0.1, -0.05) is 158 Å². The van der Waals surface area contributed by atoms with Gasteiger partial charge < -0.3 is 18.9 Å². The molecule has 0 amide bonds. The smallest absolute Gasteiger partial charge is 0.472 e. The van der Waals surface area contributed by atoms with E-state index in [1.165, 1.54) is 83.5 Å². The number of likely N-dealkylation sites (N-methyl/N-ethyl adjacent to an activating group) is 1. The van der Waals surface area contributed by atoms with E-state index in [-0.39, 0.29) is 26.2 Å². The first-order valence-corrected chi connectivity index (χ1v) is 23.2. The highest BCUT2D eigenvalue weighted by Crippen LogP contribution is 2.43. The van der Waals surface area contributed by atoms with Gasteiger partial charge in [0.2, 0.25) is 0 Å². The van der Waals surface area contributed by atoms with Crippen LogP contribution in [0.2, 0.25) is 0 Å². The third kappa shape index (κ3) is 42.8. The van der Waals surface area contributed by atoms with Crippen LogP contribution in [0.1, 0.15) is 162 Å². The number of hydrogen-bond acceptors (Lipinski definition) is 6. The van der Waals surface area contributed by atoms with Crippen molar-refractivity contribution in [3.63, 3.8) is 0 Å². The average Bonchev–Trinajstić information content (AvgIpc) is 3.13. The highest BCUT2D eigenvalue weighted by Gasteiger charge is 2.26. The SMILES string of the molecule is CC/C=C/C/C=C/C/C=C/C/C=C/C/C=C/CCCC(=O)O[C@H](CO/C=C/CCCCCCCCCCCCCCCC)COP(=O)(O)OCC[N+](C)(C)C. The lowest BCUT2D eigenvalue weighted by Gasteiger charge is -2.24. The summed E-state index contributed by atoms with van der Waals surface area (Å²) in [6, 6.07) is 0. The molecule has 9 heteroatoms. The molecule has 55 heavy (non-hydrogen) atoms. The second-order valence-electron chi connectivity index (χ2n) is 15.4. The van der Waals surface area contributed by atoms with Crippen molar-refractivity contribution < 1.29 is 37.3 Å². The molecule has 0 radical (unpaired) electrons. The third-order valence-electron chi connectivity index (χ3n) is 8.85. The summed E-state index contributed by atoms with van der Waals surface area (Å²) in [6.07, 6.45) is 50.4. The van der Waals surface area contributed by atoms with Gasteiger partial charge in [0.05, 0.1) is 34.0 Å². The van der Waals surface area contributed by atoms with Gasteiger partial charge in [0.15, 0.2) is 6.10 Å². The minimum Gasteiger partial charge on any atom is -0.498 e. The Hall–Kier alpha value is -2.22. The summed E-state index contributed by atoms with van der Waals surface area (Å²) in [7, 11) is 1.59. The lowest BCUT2D eigenvalue weighted by atomic mass is 10.0. The molecule has 0 bridgehead atoms. The Kier molecular flexibility index (Phi) is 37.1. The second-order valence-corrected chi connectivity index (χ2v) is 16.9. The Balaban J connectivity index is 4.41. The normalized spacial score (nSPS) is 14.4. The van der Waals surface area contributed by atoms with Crippen LogP contribution in [0.5, 0.6) is 0 Å². The molecule has 0 aliphatic rings. The van der Waals surface area contributed by atoms with Gasteiger partial charge in [-0.15, -0.1) is 0 Å². The molecular weight excluding hydrogens is 709 g/mol. The minimum atomic E-state index is -4.31. The molecule has 0 saturated heterocycles. The molecule has 8 nitrogen and oxygen atoms in total. The molecule has 318 valence electrons. The zero-order chi connectivity index (χ0) is 40.6. The number of quaternary nitrogens is 1. The summed E-state index contributed by atoms with van der Waals surface area (Å²) in [4.78, 5) is 22.8. The summed E-state index contributed by atoms with van der Waals surface area (Å²) in [6.45, 7) is 4.74. The van der Waals surface area contributed by atoms with Crippen molar-refractivity contribution >= 4 is 13.8 Å². The van der Waals surface area contributed by atoms with Crippen molar-refractivity contribution in [3.05, 3.63) is 73.1 Å². The molecule has 2 atom stereocenters. The Morgan fingerprint density at radius 2 is 1.07 bits per heavy atom. The molecule has 1 N–H and O–H groups in total. The molecule has 0 aromatic carbocycles. The van der Waals surface area contributed by atoms with Gasteiger partial charge >= 0.3 is 13.8 Å². The van der Waals surface area contributed by atoms with Gasteiger partial charge in [0, 0.05) is 6.42 Å². The van der Waals surface area contributed by atoms with E-state index in [9.17, 15) is 14.3 Å². The molecule has 0 aromatic heterocycles. The summed E-state index contributed by atoms with van der Waals surface area (Å²) >= 11 is 0. The van der Waals surface area contributed by atoms with E-state index < -0.39 is 19.9 Å². The zero-order valence-electron chi connectivity index (χ0n) is 35.9. The molecule has 0 saturated carbocycles. The van der Waals surface area contributed by atoms with Crippen LogP contribution in [-0.4, -0.2) is 69.0 Å². The topological polar surface area (TPSA) is 91.3 Å². The van der Waals surface area contributed by atoms with Gasteiger partial charge in [0.25, 0.3) is 0 Å². The van der Waals surface area contributed by atoms with Crippen molar-refractivity contribution in [1.29, 1.82) is 0 Å². The van der Waals surface area contributed by atoms with Crippen LogP contribution in [0.15, 0.2) is 73.1 Å². The standard InChI is InChI=1S/C46H82NO7P/c1-6-8-10-12-14-16-18-20-22-24-25-27-29-31-33-35-37-39-46(48)54-45(44-53-55(49,50)52-42-40-47(3,4)5)43-51-41-38-36-34-32-30-28-26-23-21-19-17-15-13-11-9-7-2/h8,10,14,16,20,22,25,27,31,33,38,41,45H,6-7,9,11-13,15,17-19,21,23-24,26,28-30,32,34-37,39-40,42-44H2,1-5H3/p+1/b10-8+,16-14+,22-20+,27-25+,33-31+,41-38+/t45-/m1/s1. The molecule has 1 unspecified atom stereocenters. The molecule has 0 fully saturated rings. The number of phosphoric ester groups is 1. The van der Waals surface area contributed by atoms with Crippen LogP contribution in [0.4, 0.5) is 0 Å². The van der Waals surface area contributed by atoms with E-state index in [0.717, 1.165) is 51.4 Å². The lowest BCUT2D eigenvalue weighted by molar-refractivity contribution is -0.870. The molecule has 0 aliphatic carbocycles.